The van der Waals surface area contributed by atoms with E-state index in [1.165, 1.54) is 28.2 Å². The fourth-order valence-electron chi connectivity index (χ4n) is 5.90. The van der Waals surface area contributed by atoms with Crippen molar-refractivity contribution < 1.29 is 19.2 Å². The van der Waals surface area contributed by atoms with Gasteiger partial charge in [0, 0.05) is 39.6 Å². The van der Waals surface area contributed by atoms with Crippen molar-refractivity contribution in [3.63, 3.8) is 0 Å². The summed E-state index contributed by atoms with van der Waals surface area (Å²) >= 11 is 0. The highest BCUT2D eigenvalue weighted by Gasteiger charge is 2.40. The van der Waals surface area contributed by atoms with Crippen LogP contribution < -0.4 is 4.90 Å². The molecular formula is C33H30N2O4. The van der Waals surface area contributed by atoms with Gasteiger partial charge in [0.25, 0.3) is 23.6 Å². The summed E-state index contributed by atoms with van der Waals surface area (Å²) in [7, 11) is 0. The summed E-state index contributed by atoms with van der Waals surface area (Å²) in [6.07, 6.45) is 13.3. The number of benzene rings is 3. The average Bonchev–Trinajstić information content (AvgIpc) is 3.49. The van der Waals surface area contributed by atoms with E-state index in [1.807, 2.05) is 18.2 Å². The average molecular weight is 519 g/mol. The van der Waals surface area contributed by atoms with Gasteiger partial charge in [-0.05, 0) is 60.4 Å². The van der Waals surface area contributed by atoms with Crippen LogP contribution in [0.3, 0.4) is 0 Å². The SMILES string of the molecule is CCCCCCCCN1C(=O)c2ccc3c4c(ccc(c24)C1=O)C(=O)N(c1ccc(C2=CC=CC2)cc1)C3=O. The van der Waals surface area contributed by atoms with Gasteiger partial charge in [0.1, 0.15) is 0 Å². The van der Waals surface area contributed by atoms with Crippen molar-refractivity contribution in [3.8, 4) is 0 Å². The van der Waals surface area contributed by atoms with Gasteiger partial charge in [-0.1, -0.05) is 69.4 Å². The van der Waals surface area contributed by atoms with Crippen LogP contribution in [0.1, 0.15) is 98.9 Å². The number of nitrogens with zero attached hydrogens (tertiary/aromatic N) is 2. The molecule has 0 saturated heterocycles. The van der Waals surface area contributed by atoms with Gasteiger partial charge in [0.05, 0.1) is 5.69 Å². The zero-order valence-electron chi connectivity index (χ0n) is 22.0. The standard InChI is InChI=1S/C33H30N2O4/c1-2-3-4-5-6-9-20-34-30(36)24-16-18-26-29-27(19-17-25(28(24)29)31(34)37)33(39)35(32(26)38)23-14-12-22(13-15-23)21-10-7-8-11-21/h7-8,10,12-19H,2-6,9,11,20H2,1H3. The van der Waals surface area contributed by atoms with Crippen molar-refractivity contribution in [1.29, 1.82) is 0 Å². The molecule has 4 amide bonds. The summed E-state index contributed by atoms with van der Waals surface area (Å²) in [5.41, 5.74) is 4.09. The molecule has 0 unspecified atom stereocenters. The number of hydrogen-bond donors (Lipinski definition) is 0. The van der Waals surface area contributed by atoms with Crippen molar-refractivity contribution in [2.75, 3.05) is 11.4 Å². The third-order valence-corrected chi connectivity index (χ3v) is 7.98. The van der Waals surface area contributed by atoms with Crippen LogP contribution in [0.2, 0.25) is 0 Å². The van der Waals surface area contributed by atoms with Gasteiger partial charge in [0.15, 0.2) is 0 Å². The quantitative estimate of drug-likeness (QED) is 0.227. The van der Waals surface area contributed by atoms with Crippen molar-refractivity contribution in [3.05, 3.63) is 94.6 Å². The molecule has 3 aliphatic rings. The molecule has 1 aliphatic carbocycles. The van der Waals surface area contributed by atoms with Crippen LogP contribution in [0.15, 0.2) is 66.8 Å². The highest BCUT2D eigenvalue weighted by Crippen LogP contribution is 2.39. The highest BCUT2D eigenvalue weighted by molar-refractivity contribution is 6.39. The Morgan fingerprint density at radius 3 is 1.72 bits per heavy atom. The van der Waals surface area contributed by atoms with Gasteiger partial charge in [-0.15, -0.1) is 0 Å². The van der Waals surface area contributed by atoms with E-state index >= 15 is 0 Å². The second-order valence-electron chi connectivity index (χ2n) is 10.4. The fourth-order valence-corrected chi connectivity index (χ4v) is 5.90. The lowest BCUT2D eigenvalue weighted by molar-refractivity contribution is 0.0606. The topological polar surface area (TPSA) is 74.8 Å². The molecule has 0 atom stereocenters. The monoisotopic (exact) mass is 518 g/mol. The number of imide groups is 2. The van der Waals surface area contributed by atoms with Crippen LogP contribution in [0.5, 0.6) is 0 Å². The van der Waals surface area contributed by atoms with E-state index in [1.54, 1.807) is 36.4 Å². The molecule has 0 fully saturated rings. The number of anilines is 1. The van der Waals surface area contributed by atoms with E-state index in [9.17, 15) is 19.2 Å². The van der Waals surface area contributed by atoms with E-state index in [2.05, 4.69) is 19.1 Å². The number of allylic oxidation sites excluding steroid dienone is 4. The number of carbonyl (C=O) groups is 4. The van der Waals surface area contributed by atoms with Gasteiger partial charge in [0.2, 0.25) is 0 Å². The summed E-state index contributed by atoms with van der Waals surface area (Å²) in [4.78, 5) is 56.7. The Morgan fingerprint density at radius 2 is 1.18 bits per heavy atom. The third kappa shape index (κ3) is 4.11. The molecular weight excluding hydrogens is 488 g/mol. The van der Waals surface area contributed by atoms with Crippen molar-refractivity contribution >= 4 is 45.7 Å². The molecule has 6 rings (SSSR count). The lowest BCUT2D eigenvalue weighted by atomic mass is 9.85. The van der Waals surface area contributed by atoms with Crippen LogP contribution >= 0.6 is 0 Å². The van der Waals surface area contributed by atoms with Crippen molar-refractivity contribution in [2.24, 2.45) is 0 Å². The maximum Gasteiger partial charge on any atom is 0.265 e. The minimum absolute atomic E-state index is 0.321. The van der Waals surface area contributed by atoms with Crippen LogP contribution in [-0.2, 0) is 0 Å². The molecule has 2 heterocycles. The summed E-state index contributed by atoms with van der Waals surface area (Å²) in [6.45, 7) is 2.53. The lowest BCUT2D eigenvalue weighted by Gasteiger charge is -2.32. The Labute approximate surface area is 227 Å². The van der Waals surface area contributed by atoms with E-state index in [4.69, 9.17) is 0 Å². The number of amides is 4. The van der Waals surface area contributed by atoms with Crippen LogP contribution in [0, 0.1) is 0 Å². The maximum atomic E-state index is 13.7. The first-order valence-corrected chi connectivity index (χ1v) is 13.8. The van der Waals surface area contributed by atoms with E-state index in [0.29, 0.717) is 45.3 Å². The summed E-state index contributed by atoms with van der Waals surface area (Å²) in [6, 6.07) is 13.9. The Morgan fingerprint density at radius 1 is 0.641 bits per heavy atom. The van der Waals surface area contributed by atoms with Crippen LogP contribution in [-0.4, -0.2) is 35.1 Å². The van der Waals surface area contributed by atoms with Crippen LogP contribution in [0.4, 0.5) is 5.69 Å². The minimum Gasteiger partial charge on any atom is -0.274 e. The molecule has 0 radical (unpaired) electrons. The zero-order valence-corrected chi connectivity index (χ0v) is 22.0. The molecule has 0 saturated carbocycles. The molecule has 0 N–H and O–H groups in total. The Bertz CT molecular complexity index is 1530. The Balaban J connectivity index is 1.31. The molecule has 3 aromatic carbocycles. The third-order valence-electron chi connectivity index (χ3n) is 7.98. The van der Waals surface area contributed by atoms with Crippen molar-refractivity contribution in [1.82, 2.24) is 4.90 Å². The second-order valence-corrected chi connectivity index (χ2v) is 10.4. The molecule has 0 bridgehead atoms. The molecule has 39 heavy (non-hydrogen) atoms. The molecule has 0 spiro atoms. The minimum atomic E-state index is -0.458. The number of rotatable bonds is 9. The number of hydrogen-bond acceptors (Lipinski definition) is 4. The maximum absolute atomic E-state index is 13.7. The Hall–Kier alpha value is -4.32. The first-order chi connectivity index (χ1) is 19.0. The van der Waals surface area contributed by atoms with Crippen LogP contribution in [0.25, 0.3) is 16.3 Å². The van der Waals surface area contributed by atoms with Crippen molar-refractivity contribution in [2.45, 2.75) is 51.9 Å². The van der Waals surface area contributed by atoms with E-state index in [-0.39, 0.29) is 11.8 Å². The summed E-state index contributed by atoms with van der Waals surface area (Å²) in [5.74, 6) is -1.64. The van der Waals surface area contributed by atoms with E-state index < -0.39 is 11.8 Å². The predicted octanol–water partition coefficient (Wildman–Crippen LogP) is 6.94. The smallest absolute Gasteiger partial charge is 0.265 e. The molecule has 2 aliphatic heterocycles. The van der Waals surface area contributed by atoms with Gasteiger partial charge < -0.3 is 0 Å². The molecule has 3 aromatic rings. The molecule has 6 nitrogen and oxygen atoms in total. The second kappa shape index (κ2) is 10.1. The largest absolute Gasteiger partial charge is 0.274 e. The first kappa shape index (κ1) is 25.0. The van der Waals surface area contributed by atoms with E-state index in [0.717, 1.165) is 37.7 Å². The molecule has 6 heteroatoms. The normalized spacial score (nSPS) is 16.1. The Kier molecular flexibility index (Phi) is 6.47. The van der Waals surface area contributed by atoms with Gasteiger partial charge in [-0.25, -0.2) is 4.90 Å². The fraction of sp³-hybridized carbons (Fsp3) is 0.273. The molecule has 196 valence electrons. The predicted molar refractivity (Wildman–Crippen MR) is 152 cm³/mol. The zero-order chi connectivity index (χ0) is 27.1. The number of carbonyl (C=O) groups excluding carboxylic acids is 4. The van der Waals surface area contributed by atoms with Gasteiger partial charge >= 0.3 is 0 Å². The number of unbranched alkanes of at least 4 members (excludes halogenated alkanes) is 5. The van der Waals surface area contributed by atoms with Gasteiger partial charge in [-0.3, -0.25) is 24.1 Å². The summed E-state index contributed by atoms with van der Waals surface area (Å²) in [5, 5.41) is 0.813. The lowest BCUT2D eigenvalue weighted by Crippen LogP contribution is -2.43. The summed E-state index contributed by atoms with van der Waals surface area (Å²) < 4.78 is 0. The van der Waals surface area contributed by atoms with Gasteiger partial charge in [-0.2, -0.15) is 0 Å². The molecule has 0 aromatic heterocycles. The highest BCUT2D eigenvalue weighted by atomic mass is 16.2. The first-order valence-electron chi connectivity index (χ1n) is 13.8.